The van der Waals surface area contributed by atoms with Gasteiger partial charge < -0.3 is 9.64 Å². The fourth-order valence-electron chi connectivity index (χ4n) is 2.88. The number of nitrogens with zero attached hydrogens (tertiary/aromatic N) is 3. The van der Waals surface area contributed by atoms with Crippen LogP contribution in [0.5, 0.6) is 5.75 Å². The fraction of sp³-hybridized carbons (Fsp3) is 0.333. The number of hydrogen-bond donors (Lipinski definition) is 0. The number of carbonyl (C=O) groups excluding carboxylic acids is 1. The molecule has 2 heterocycles. The van der Waals surface area contributed by atoms with Crippen LogP contribution in [-0.4, -0.2) is 28.8 Å². The van der Waals surface area contributed by atoms with Gasteiger partial charge in [-0.25, -0.2) is 4.39 Å². The Bertz CT molecular complexity index is 911. The highest BCUT2D eigenvalue weighted by Crippen LogP contribution is 2.31. The number of rotatable bonds is 4. The molecule has 0 saturated heterocycles. The Balaban J connectivity index is 2.03. The Morgan fingerprint density at radius 3 is 2.64 bits per heavy atom. The number of carbonyl (C=O) groups is 1. The summed E-state index contributed by atoms with van der Waals surface area (Å²) >= 11 is 1.40. The minimum atomic E-state index is -0.491. The summed E-state index contributed by atoms with van der Waals surface area (Å²) in [5, 5.41) is 5.33. The summed E-state index contributed by atoms with van der Waals surface area (Å²) in [6, 6.07) is 6.30. The van der Waals surface area contributed by atoms with Crippen molar-refractivity contribution in [3.63, 3.8) is 0 Å². The Kier molecular flexibility index (Phi) is 4.51. The third kappa shape index (κ3) is 3.00. The molecule has 0 aliphatic carbocycles. The van der Waals surface area contributed by atoms with Gasteiger partial charge in [0.25, 0.3) is 5.91 Å². The lowest BCUT2D eigenvalue weighted by atomic mass is 10.2. The monoisotopic (exact) mass is 361 g/mol. The number of hydrogen-bond acceptors (Lipinski definition) is 4. The maximum atomic E-state index is 14.1. The minimum absolute atomic E-state index is 0.121. The van der Waals surface area contributed by atoms with Gasteiger partial charge in [-0.1, -0.05) is 0 Å². The van der Waals surface area contributed by atoms with Gasteiger partial charge >= 0.3 is 0 Å². The fourth-order valence-corrected chi connectivity index (χ4v) is 3.94. The highest BCUT2D eigenvalue weighted by Gasteiger charge is 2.24. The molecule has 0 radical (unpaired) electrons. The topological polar surface area (TPSA) is 47.4 Å². The minimum Gasteiger partial charge on any atom is -0.494 e. The van der Waals surface area contributed by atoms with Gasteiger partial charge in [0.15, 0.2) is 11.6 Å². The SMILES string of the molecule is COc1ccc(N(C(=O)c2cc3c(C)nn(C)c3s2)C(C)C)cc1F. The van der Waals surface area contributed by atoms with Crippen molar-refractivity contribution in [2.24, 2.45) is 7.05 Å². The first kappa shape index (κ1) is 17.4. The van der Waals surface area contributed by atoms with Gasteiger partial charge in [0, 0.05) is 30.2 Å². The van der Waals surface area contributed by atoms with Crippen molar-refractivity contribution in [3.05, 3.63) is 40.7 Å². The number of methoxy groups -OCH3 is 1. The van der Waals surface area contributed by atoms with Crippen molar-refractivity contribution < 1.29 is 13.9 Å². The second kappa shape index (κ2) is 6.48. The van der Waals surface area contributed by atoms with Gasteiger partial charge in [0.1, 0.15) is 4.83 Å². The van der Waals surface area contributed by atoms with Gasteiger partial charge in [-0.15, -0.1) is 11.3 Å². The predicted octanol–water partition coefficient (Wildman–Crippen LogP) is 4.15. The summed E-state index contributed by atoms with van der Waals surface area (Å²) in [4.78, 5) is 16.2. The Labute approximate surface area is 149 Å². The first-order chi connectivity index (χ1) is 11.8. The first-order valence-electron chi connectivity index (χ1n) is 7.93. The zero-order valence-electron chi connectivity index (χ0n) is 14.8. The van der Waals surface area contributed by atoms with E-state index in [1.165, 1.54) is 30.6 Å². The maximum Gasteiger partial charge on any atom is 0.268 e. The van der Waals surface area contributed by atoms with E-state index in [1.54, 1.807) is 15.6 Å². The number of thiophene rings is 1. The third-order valence-corrected chi connectivity index (χ3v) is 5.25. The number of benzene rings is 1. The van der Waals surface area contributed by atoms with Gasteiger partial charge in [-0.3, -0.25) is 9.48 Å². The summed E-state index contributed by atoms with van der Waals surface area (Å²) in [6.07, 6.45) is 0. The van der Waals surface area contributed by atoms with Crippen molar-refractivity contribution >= 4 is 33.1 Å². The highest BCUT2D eigenvalue weighted by atomic mass is 32.1. The molecule has 25 heavy (non-hydrogen) atoms. The lowest BCUT2D eigenvalue weighted by Crippen LogP contribution is -2.36. The maximum absolute atomic E-state index is 14.1. The molecule has 0 aliphatic rings. The zero-order chi connectivity index (χ0) is 18.3. The summed E-state index contributed by atoms with van der Waals surface area (Å²) in [5.74, 6) is -0.488. The molecule has 1 amide bonds. The van der Waals surface area contributed by atoms with Crippen molar-refractivity contribution in [1.29, 1.82) is 0 Å². The standard InChI is InChI=1S/C18H20FN3O2S/c1-10(2)22(12-6-7-15(24-5)14(19)8-12)17(23)16-9-13-11(3)20-21(4)18(13)25-16/h6-10H,1-5H3. The van der Waals surface area contributed by atoms with E-state index in [2.05, 4.69) is 5.10 Å². The summed E-state index contributed by atoms with van der Waals surface area (Å²) in [5.41, 5.74) is 1.39. The van der Waals surface area contributed by atoms with Gasteiger partial charge in [0.2, 0.25) is 0 Å². The van der Waals surface area contributed by atoms with Crippen molar-refractivity contribution in [2.45, 2.75) is 26.8 Å². The molecule has 2 aromatic heterocycles. The van der Waals surface area contributed by atoms with Crippen molar-refractivity contribution in [2.75, 3.05) is 12.0 Å². The summed E-state index contributed by atoms with van der Waals surface area (Å²) in [7, 11) is 3.27. The molecule has 1 aromatic carbocycles. The van der Waals surface area contributed by atoms with Gasteiger partial charge in [-0.05, 0) is 39.0 Å². The molecule has 0 saturated carbocycles. The number of fused-ring (bicyclic) bond motifs is 1. The molecule has 5 nitrogen and oxygen atoms in total. The zero-order valence-corrected chi connectivity index (χ0v) is 15.6. The van der Waals surface area contributed by atoms with Crippen LogP contribution in [-0.2, 0) is 7.05 Å². The Morgan fingerprint density at radius 1 is 1.36 bits per heavy atom. The van der Waals surface area contributed by atoms with E-state index in [1.807, 2.05) is 33.9 Å². The number of amides is 1. The summed E-state index contributed by atoms with van der Waals surface area (Å²) in [6.45, 7) is 5.72. The van der Waals surface area contributed by atoms with E-state index in [0.29, 0.717) is 10.6 Å². The van der Waals surface area contributed by atoms with Crippen molar-refractivity contribution in [1.82, 2.24) is 9.78 Å². The molecule has 132 valence electrons. The molecule has 0 fully saturated rings. The molecule has 0 bridgehead atoms. The normalized spacial score (nSPS) is 11.3. The average Bonchev–Trinajstić information content (AvgIpc) is 3.09. The van der Waals surface area contributed by atoms with Crippen LogP contribution in [0.15, 0.2) is 24.3 Å². The molecule has 7 heteroatoms. The Morgan fingerprint density at radius 2 is 2.08 bits per heavy atom. The number of ether oxygens (including phenoxy) is 1. The number of aryl methyl sites for hydroxylation is 2. The molecule has 0 atom stereocenters. The van der Waals surface area contributed by atoms with Crippen LogP contribution in [0.25, 0.3) is 10.2 Å². The number of aromatic nitrogens is 2. The van der Waals surface area contributed by atoms with Crippen LogP contribution in [0.1, 0.15) is 29.2 Å². The Hall–Kier alpha value is -2.41. The van der Waals surface area contributed by atoms with E-state index >= 15 is 0 Å². The predicted molar refractivity (Wildman–Crippen MR) is 98.2 cm³/mol. The largest absolute Gasteiger partial charge is 0.494 e. The lowest BCUT2D eigenvalue weighted by Gasteiger charge is -2.26. The smallest absolute Gasteiger partial charge is 0.268 e. The molecule has 0 unspecified atom stereocenters. The average molecular weight is 361 g/mol. The summed E-state index contributed by atoms with van der Waals surface area (Å²) < 4.78 is 20.8. The van der Waals surface area contributed by atoms with Crippen LogP contribution in [0.2, 0.25) is 0 Å². The number of halogens is 1. The second-order valence-corrected chi connectivity index (χ2v) is 7.16. The van der Waals surface area contributed by atoms with E-state index < -0.39 is 5.82 Å². The molecule has 0 aliphatic heterocycles. The molecular weight excluding hydrogens is 341 g/mol. The second-order valence-electron chi connectivity index (χ2n) is 6.13. The van der Waals surface area contributed by atoms with Crippen LogP contribution >= 0.6 is 11.3 Å². The van der Waals surface area contributed by atoms with Crippen LogP contribution in [0.4, 0.5) is 10.1 Å². The molecule has 0 spiro atoms. The van der Waals surface area contributed by atoms with Gasteiger partial charge in [0.05, 0.1) is 17.7 Å². The van der Waals surface area contributed by atoms with Crippen LogP contribution in [0.3, 0.4) is 0 Å². The van der Waals surface area contributed by atoms with Crippen molar-refractivity contribution in [3.8, 4) is 5.75 Å². The quantitative estimate of drug-likeness (QED) is 0.701. The van der Waals surface area contributed by atoms with Crippen LogP contribution < -0.4 is 9.64 Å². The first-order valence-corrected chi connectivity index (χ1v) is 8.75. The van der Waals surface area contributed by atoms with E-state index in [9.17, 15) is 9.18 Å². The van der Waals surface area contributed by atoms with E-state index in [0.717, 1.165) is 15.9 Å². The van der Waals surface area contributed by atoms with Gasteiger partial charge in [-0.2, -0.15) is 5.10 Å². The highest BCUT2D eigenvalue weighted by molar-refractivity contribution is 7.20. The molecule has 3 rings (SSSR count). The number of anilines is 1. The van der Waals surface area contributed by atoms with Crippen LogP contribution in [0, 0.1) is 12.7 Å². The molecule has 3 aromatic rings. The lowest BCUT2D eigenvalue weighted by molar-refractivity contribution is 0.0984. The third-order valence-electron chi connectivity index (χ3n) is 4.06. The van der Waals surface area contributed by atoms with E-state index in [4.69, 9.17) is 4.74 Å². The molecular formula is C18H20FN3O2S. The molecule has 0 N–H and O–H groups in total. The van der Waals surface area contributed by atoms with E-state index in [-0.39, 0.29) is 17.7 Å².